The van der Waals surface area contributed by atoms with Gasteiger partial charge in [-0.3, -0.25) is 4.79 Å². The van der Waals surface area contributed by atoms with Crippen LogP contribution in [0, 0.1) is 5.92 Å². The molecule has 1 saturated heterocycles. The van der Waals surface area contributed by atoms with Gasteiger partial charge in [0, 0.05) is 13.1 Å². The van der Waals surface area contributed by atoms with E-state index in [1.165, 1.54) is 6.33 Å². The Morgan fingerprint density at radius 1 is 1.61 bits per heavy atom. The van der Waals surface area contributed by atoms with Crippen molar-refractivity contribution in [2.45, 2.75) is 12.8 Å². The Balaban J connectivity index is 2.07. The standard InChI is InChI=1S/C8H13N5O4S/c14-7(15)6-2-1-3-13(4-6)18(16,17)12-8-9-5-10-11-8/h5-6H,1-4H2,(H,14,15)(H2,9,10,11,12). The van der Waals surface area contributed by atoms with Crippen molar-refractivity contribution < 1.29 is 18.3 Å². The van der Waals surface area contributed by atoms with Gasteiger partial charge < -0.3 is 5.11 Å². The molecule has 10 heteroatoms. The molecule has 100 valence electrons. The Morgan fingerprint density at radius 3 is 3.00 bits per heavy atom. The van der Waals surface area contributed by atoms with E-state index in [0.29, 0.717) is 19.4 Å². The molecular weight excluding hydrogens is 262 g/mol. The van der Waals surface area contributed by atoms with Gasteiger partial charge in [-0.05, 0) is 12.8 Å². The number of carboxylic acid groups (broad SMARTS) is 1. The fourth-order valence-corrected chi connectivity index (χ4v) is 3.02. The number of anilines is 1. The third kappa shape index (κ3) is 2.76. The Labute approximate surface area is 103 Å². The van der Waals surface area contributed by atoms with E-state index in [4.69, 9.17) is 5.11 Å². The summed E-state index contributed by atoms with van der Waals surface area (Å²) in [6, 6.07) is 0. The first kappa shape index (κ1) is 12.8. The van der Waals surface area contributed by atoms with Crippen LogP contribution < -0.4 is 4.72 Å². The minimum atomic E-state index is -3.79. The molecular formula is C8H13N5O4S. The van der Waals surface area contributed by atoms with Gasteiger partial charge in [-0.15, -0.1) is 0 Å². The molecule has 2 heterocycles. The van der Waals surface area contributed by atoms with Crippen LogP contribution in [-0.2, 0) is 15.0 Å². The average Bonchev–Trinajstić information content (AvgIpc) is 2.81. The Hall–Kier alpha value is -1.68. The molecule has 0 aliphatic carbocycles. The van der Waals surface area contributed by atoms with Crippen LogP contribution in [0.5, 0.6) is 0 Å². The number of carboxylic acids is 1. The zero-order valence-electron chi connectivity index (χ0n) is 9.40. The lowest BCUT2D eigenvalue weighted by Crippen LogP contribution is -2.44. The van der Waals surface area contributed by atoms with Crippen molar-refractivity contribution in [2.75, 3.05) is 17.8 Å². The number of rotatable bonds is 4. The number of H-pyrrole nitrogens is 1. The molecule has 2 rings (SSSR count). The molecule has 0 bridgehead atoms. The summed E-state index contributed by atoms with van der Waals surface area (Å²) in [7, 11) is -3.79. The molecule has 3 N–H and O–H groups in total. The normalized spacial score (nSPS) is 21.7. The van der Waals surface area contributed by atoms with Crippen molar-refractivity contribution in [1.82, 2.24) is 19.5 Å². The number of hydrogen-bond donors (Lipinski definition) is 3. The summed E-state index contributed by atoms with van der Waals surface area (Å²) in [5.41, 5.74) is 0. The molecule has 0 aromatic carbocycles. The highest BCUT2D eigenvalue weighted by atomic mass is 32.2. The van der Waals surface area contributed by atoms with Crippen molar-refractivity contribution in [3.05, 3.63) is 6.33 Å². The predicted octanol–water partition coefficient (Wildman–Crippen LogP) is -0.742. The quantitative estimate of drug-likeness (QED) is 0.663. The lowest BCUT2D eigenvalue weighted by Gasteiger charge is -2.29. The van der Waals surface area contributed by atoms with Gasteiger partial charge >= 0.3 is 16.2 Å². The molecule has 1 aromatic rings. The fraction of sp³-hybridized carbons (Fsp3) is 0.625. The van der Waals surface area contributed by atoms with Crippen LogP contribution in [0.2, 0.25) is 0 Å². The van der Waals surface area contributed by atoms with Crippen LogP contribution in [0.15, 0.2) is 6.33 Å². The van der Waals surface area contributed by atoms with Gasteiger partial charge in [0.15, 0.2) is 0 Å². The van der Waals surface area contributed by atoms with Gasteiger partial charge in [-0.25, -0.2) is 9.82 Å². The van der Waals surface area contributed by atoms with E-state index in [0.717, 1.165) is 4.31 Å². The fourth-order valence-electron chi connectivity index (χ4n) is 1.80. The molecule has 1 unspecified atom stereocenters. The molecule has 1 fully saturated rings. The number of nitrogens with zero attached hydrogens (tertiary/aromatic N) is 3. The van der Waals surface area contributed by atoms with E-state index >= 15 is 0 Å². The summed E-state index contributed by atoms with van der Waals surface area (Å²) in [4.78, 5) is 14.5. The summed E-state index contributed by atoms with van der Waals surface area (Å²) < 4.78 is 27.2. The van der Waals surface area contributed by atoms with Crippen LogP contribution in [-0.4, -0.2) is 52.1 Å². The van der Waals surface area contributed by atoms with E-state index in [1.807, 2.05) is 0 Å². The summed E-state index contributed by atoms with van der Waals surface area (Å²) >= 11 is 0. The Morgan fingerprint density at radius 2 is 2.39 bits per heavy atom. The first-order valence-corrected chi connectivity index (χ1v) is 6.79. The first-order valence-electron chi connectivity index (χ1n) is 5.35. The largest absolute Gasteiger partial charge is 0.481 e. The monoisotopic (exact) mass is 275 g/mol. The summed E-state index contributed by atoms with van der Waals surface area (Å²) in [5.74, 6) is -1.63. The lowest BCUT2D eigenvalue weighted by atomic mass is 10.0. The molecule has 1 aromatic heterocycles. The first-order chi connectivity index (χ1) is 8.49. The molecule has 0 saturated carbocycles. The number of nitrogens with one attached hydrogen (secondary N) is 2. The van der Waals surface area contributed by atoms with Crippen molar-refractivity contribution in [1.29, 1.82) is 0 Å². The van der Waals surface area contributed by atoms with Crippen molar-refractivity contribution >= 4 is 22.1 Å². The predicted molar refractivity (Wildman–Crippen MR) is 60.9 cm³/mol. The summed E-state index contributed by atoms with van der Waals surface area (Å²) in [6.07, 6.45) is 2.19. The number of hydrogen-bond acceptors (Lipinski definition) is 5. The molecule has 0 spiro atoms. The zero-order chi connectivity index (χ0) is 13.2. The van der Waals surface area contributed by atoms with E-state index in [9.17, 15) is 13.2 Å². The van der Waals surface area contributed by atoms with Gasteiger partial charge in [0.1, 0.15) is 6.33 Å². The van der Waals surface area contributed by atoms with Gasteiger partial charge in [0.2, 0.25) is 5.95 Å². The van der Waals surface area contributed by atoms with E-state index in [2.05, 4.69) is 19.9 Å². The Kier molecular flexibility index (Phi) is 3.48. The van der Waals surface area contributed by atoms with Gasteiger partial charge in [-0.1, -0.05) is 0 Å². The maximum Gasteiger partial charge on any atom is 0.307 e. The molecule has 1 atom stereocenters. The molecule has 1 aliphatic rings. The van der Waals surface area contributed by atoms with Crippen LogP contribution >= 0.6 is 0 Å². The number of aromatic amines is 1. The van der Waals surface area contributed by atoms with E-state index in [-0.39, 0.29) is 12.5 Å². The number of aromatic nitrogens is 3. The Bertz CT molecular complexity index is 514. The van der Waals surface area contributed by atoms with Crippen LogP contribution in [0.1, 0.15) is 12.8 Å². The molecule has 1 aliphatic heterocycles. The lowest BCUT2D eigenvalue weighted by molar-refractivity contribution is -0.142. The number of carbonyl (C=O) groups is 1. The van der Waals surface area contributed by atoms with E-state index in [1.54, 1.807) is 0 Å². The van der Waals surface area contributed by atoms with Crippen molar-refractivity contribution in [3.63, 3.8) is 0 Å². The molecule has 0 radical (unpaired) electrons. The highest BCUT2D eigenvalue weighted by molar-refractivity contribution is 7.90. The highest BCUT2D eigenvalue weighted by Crippen LogP contribution is 2.19. The maximum atomic E-state index is 12.0. The van der Waals surface area contributed by atoms with E-state index < -0.39 is 22.1 Å². The topological polar surface area (TPSA) is 128 Å². The molecule has 18 heavy (non-hydrogen) atoms. The van der Waals surface area contributed by atoms with Crippen LogP contribution in [0.25, 0.3) is 0 Å². The third-order valence-electron chi connectivity index (χ3n) is 2.71. The van der Waals surface area contributed by atoms with Gasteiger partial charge in [0.05, 0.1) is 5.92 Å². The van der Waals surface area contributed by atoms with Crippen LogP contribution in [0.3, 0.4) is 0 Å². The maximum absolute atomic E-state index is 12.0. The SMILES string of the molecule is O=C(O)C1CCCN(S(=O)(=O)Nc2ncn[nH]2)C1. The second-order valence-corrected chi connectivity index (χ2v) is 5.65. The molecule has 9 nitrogen and oxygen atoms in total. The second kappa shape index (κ2) is 4.90. The van der Waals surface area contributed by atoms with Crippen molar-refractivity contribution in [3.8, 4) is 0 Å². The zero-order valence-corrected chi connectivity index (χ0v) is 10.2. The smallest absolute Gasteiger partial charge is 0.307 e. The number of piperidine rings is 1. The van der Waals surface area contributed by atoms with Gasteiger partial charge in [-0.2, -0.15) is 22.8 Å². The minimum Gasteiger partial charge on any atom is -0.481 e. The molecule has 0 amide bonds. The van der Waals surface area contributed by atoms with Crippen LogP contribution in [0.4, 0.5) is 5.95 Å². The summed E-state index contributed by atoms with van der Waals surface area (Å²) in [5, 5.41) is 14.8. The minimum absolute atomic E-state index is 0.00690. The highest BCUT2D eigenvalue weighted by Gasteiger charge is 2.32. The van der Waals surface area contributed by atoms with Crippen molar-refractivity contribution in [2.24, 2.45) is 5.92 Å². The average molecular weight is 275 g/mol. The number of aliphatic carboxylic acids is 1. The van der Waals surface area contributed by atoms with Gasteiger partial charge in [0.25, 0.3) is 0 Å². The second-order valence-electron chi connectivity index (χ2n) is 3.98. The third-order valence-corrected chi connectivity index (χ3v) is 4.18. The summed E-state index contributed by atoms with van der Waals surface area (Å²) in [6.45, 7) is 0.270.